The Morgan fingerprint density at radius 1 is 1.18 bits per heavy atom. The molecular weight excluding hydrogens is 296 g/mol. The van der Waals surface area contributed by atoms with Crippen LogP contribution >= 0.6 is 27.3 Å². The van der Waals surface area contributed by atoms with E-state index in [9.17, 15) is 0 Å². The Kier molecular flexibility index (Phi) is 2.92. The molecule has 4 heteroatoms. The van der Waals surface area contributed by atoms with Crippen LogP contribution in [0.4, 0.5) is 5.13 Å². The minimum atomic E-state index is 0.615. The lowest BCUT2D eigenvalue weighted by Crippen LogP contribution is -2.02. The molecule has 0 unspecified atom stereocenters. The fourth-order valence-electron chi connectivity index (χ4n) is 2.38. The molecule has 3 rings (SSSR count). The third-order valence-electron chi connectivity index (χ3n) is 3.22. The first kappa shape index (κ1) is 11.2. The standard InChI is InChI=1S/C13H13BrN2S/c14-12-11(16-13(15)17-12)10-6-5-8-3-1-2-4-9(8)7-10/h5-7H,1-4H2,(H2,15,16). The zero-order valence-corrected chi connectivity index (χ0v) is 11.8. The lowest BCUT2D eigenvalue weighted by Gasteiger charge is -2.16. The molecule has 0 radical (unpaired) electrons. The highest BCUT2D eigenvalue weighted by Gasteiger charge is 2.13. The fraction of sp³-hybridized carbons (Fsp3) is 0.308. The maximum absolute atomic E-state index is 5.73. The quantitative estimate of drug-likeness (QED) is 0.863. The number of anilines is 1. The lowest BCUT2D eigenvalue weighted by atomic mass is 9.90. The van der Waals surface area contributed by atoms with Gasteiger partial charge in [0.05, 0.1) is 9.48 Å². The number of thiazole rings is 1. The van der Waals surface area contributed by atoms with E-state index in [2.05, 4.69) is 39.1 Å². The predicted octanol–water partition coefficient (Wildman–Crippen LogP) is 4.03. The van der Waals surface area contributed by atoms with Crippen LogP contribution in [0.5, 0.6) is 0 Å². The molecule has 0 saturated carbocycles. The van der Waals surface area contributed by atoms with Crippen LogP contribution in [0.25, 0.3) is 11.3 Å². The normalized spacial score (nSPS) is 14.6. The Balaban J connectivity index is 2.06. The first-order valence-electron chi connectivity index (χ1n) is 5.78. The molecule has 0 atom stereocenters. The van der Waals surface area contributed by atoms with Crippen molar-refractivity contribution in [2.75, 3.05) is 5.73 Å². The van der Waals surface area contributed by atoms with Gasteiger partial charge in [0.2, 0.25) is 0 Å². The van der Waals surface area contributed by atoms with Gasteiger partial charge in [-0.05, 0) is 58.8 Å². The Morgan fingerprint density at radius 3 is 2.65 bits per heavy atom. The topological polar surface area (TPSA) is 38.9 Å². The van der Waals surface area contributed by atoms with Crippen molar-refractivity contribution in [2.24, 2.45) is 0 Å². The number of hydrogen-bond acceptors (Lipinski definition) is 3. The van der Waals surface area contributed by atoms with Crippen LogP contribution in [0, 0.1) is 0 Å². The molecule has 1 aliphatic carbocycles. The average Bonchev–Trinajstić information content (AvgIpc) is 2.68. The Hall–Kier alpha value is -0.870. The molecule has 1 aliphatic rings. The number of nitrogens with two attached hydrogens (primary N) is 1. The van der Waals surface area contributed by atoms with Crippen LogP contribution in [0.2, 0.25) is 0 Å². The predicted molar refractivity (Wildman–Crippen MR) is 76.3 cm³/mol. The summed E-state index contributed by atoms with van der Waals surface area (Å²) in [6.07, 6.45) is 5.03. The fourth-order valence-corrected chi connectivity index (χ4v) is 3.77. The minimum absolute atomic E-state index is 0.615. The van der Waals surface area contributed by atoms with Crippen LogP contribution in [0.15, 0.2) is 22.0 Å². The molecule has 0 bridgehead atoms. The van der Waals surface area contributed by atoms with E-state index in [0.29, 0.717) is 5.13 Å². The molecule has 17 heavy (non-hydrogen) atoms. The van der Waals surface area contributed by atoms with E-state index in [1.165, 1.54) is 53.7 Å². The highest BCUT2D eigenvalue weighted by atomic mass is 79.9. The van der Waals surface area contributed by atoms with Gasteiger partial charge in [-0.1, -0.05) is 23.5 Å². The highest BCUT2D eigenvalue weighted by molar-refractivity contribution is 9.11. The first-order chi connectivity index (χ1) is 8.24. The van der Waals surface area contributed by atoms with Crippen LogP contribution in [0.1, 0.15) is 24.0 Å². The maximum atomic E-state index is 5.73. The number of fused-ring (bicyclic) bond motifs is 1. The highest BCUT2D eigenvalue weighted by Crippen LogP contribution is 2.35. The number of rotatable bonds is 1. The van der Waals surface area contributed by atoms with Crippen molar-refractivity contribution >= 4 is 32.4 Å². The van der Waals surface area contributed by atoms with E-state index in [1.54, 1.807) is 0 Å². The van der Waals surface area contributed by atoms with Crippen LogP contribution < -0.4 is 5.73 Å². The number of halogens is 1. The number of aryl methyl sites for hydroxylation is 2. The molecule has 0 amide bonds. The zero-order chi connectivity index (χ0) is 11.8. The van der Waals surface area contributed by atoms with Gasteiger partial charge in [-0.25, -0.2) is 4.98 Å². The van der Waals surface area contributed by atoms with Crippen molar-refractivity contribution in [3.63, 3.8) is 0 Å². The molecular formula is C13H13BrN2S. The van der Waals surface area contributed by atoms with Crippen molar-refractivity contribution < 1.29 is 0 Å². The Labute approximate surface area is 113 Å². The summed E-state index contributed by atoms with van der Waals surface area (Å²) in [6, 6.07) is 6.67. The molecule has 0 spiro atoms. The molecule has 2 N–H and O–H groups in total. The molecule has 1 aromatic heterocycles. The van der Waals surface area contributed by atoms with Crippen molar-refractivity contribution in [1.29, 1.82) is 0 Å². The van der Waals surface area contributed by atoms with Gasteiger partial charge in [-0.3, -0.25) is 0 Å². The largest absolute Gasteiger partial charge is 0.375 e. The number of benzene rings is 1. The third-order valence-corrected chi connectivity index (χ3v) is 4.76. The summed E-state index contributed by atoms with van der Waals surface area (Å²) >= 11 is 5.01. The average molecular weight is 309 g/mol. The molecule has 0 fully saturated rings. The molecule has 0 saturated heterocycles. The van der Waals surface area contributed by atoms with E-state index in [4.69, 9.17) is 5.73 Å². The van der Waals surface area contributed by atoms with Gasteiger partial charge in [0, 0.05) is 5.56 Å². The van der Waals surface area contributed by atoms with Crippen molar-refractivity contribution in [3.8, 4) is 11.3 Å². The molecule has 0 aliphatic heterocycles. The monoisotopic (exact) mass is 308 g/mol. The van der Waals surface area contributed by atoms with Crippen LogP contribution in [-0.2, 0) is 12.8 Å². The lowest BCUT2D eigenvalue weighted by molar-refractivity contribution is 0.686. The van der Waals surface area contributed by atoms with E-state index >= 15 is 0 Å². The van der Waals surface area contributed by atoms with E-state index in [-0.39, 0.29) is 0 Å². The smallest absolute Gasteiger partial charge is 0.181 e. The summed E-state index contributed by atoms with van der Waals surface area (Å²) < 4.78 is 1.02. The Morgan fingerprint density at radius 2 is 1.94 bits per heavy atom. The summed E-state index contributed by atoms with van der Waals surface area (Å²) in [6.45, 7) is 0. The van der Waals surface area contributed by atoms with Crippen LogP contribution in [-0.4, -0.2) is 4.98 Å². The first-order valence-corrected chi connectivity index (χ1v) is 7.39. The number of aromatic nitrogens is 1. The zero-order valence-electron chi connectivity index (χ0n) is 9.37. The van der Waals surface area contributed by atoms with E-state index in [1.807, 2.05) is 0 Å². The summed E-state index contributed by atoms with van der Waals surface area (Å²) in [5.41, 5.74) is 10.9. The van der Waals surface area contributed by atoms with Gasteiger partial charge in [0.15, 0.2) is 5.13 Å². The van der Waals surface area contributed by atoms with Gasteiger partial charge in [0.1, 0.15) is 0 Å². The summed E-state index contributed by atoms with van der Waals surface area (Å²) in [7, 11) is 0. The van der Waals surface area contributed by atoms with Gasteiger partial charge < -0.3 is 5.73 Å². The second kappa shape index (κ2) is 4.42. The van der Waals surface area contributed by atoms with Gasteiger partial charge in [-0.15, -0.1) is 0 Å². The summed E-state index contributed by atoms with van der Waals surface area (Å²) in [5.74, 6) is 0. The number of nitrogen functional groups attached to an aromatic ring is 1. The van der Waals surface area contributed by atoms with Gasteiger partial charge in [-0.2, -0.15) is 0 Å². The molecule has 1 heterocycles. The van der Waals surface area contributed by atoms with Crippen molar-refractivity contribution in [3.05, 3.63) is 33.1 Å². The second-order valence-electron chi connectivity index (χ2n) is 4.37. The van der Waals surface area contributed by atoms with Crippen LogP contribution in [0.3, 0.4) is 0 Å². The molecule has 2 nitrogen and oxygen atoms in total. The molecule has 2 aromatic rings. The summed E-state index contributed by atoms with van der Waals surface area (Å²) in [4.78, 5) is 4.38. The minimum Gasteiger partial charge on any atom is -0.375 e. The van der Waals surface area contributed by atoms with Crippen molar-refractivity contribution in [2.45, 2.75) is 25.7 Å². The van der Waals surface area contributed by atoms with Crippen molar-refractivity contribution in [1.82, 2.24) is 4.98 Å². The number of hydrogen-bond donors (Lipinski definition) is 1. The molecule has 1 aromatic carbocycles. The van der Waals surface area contributed by atoms with E-state index < -0.39 is 0 Å². The van der Waals surface area contributed by atoms with E-state index in [0.717, 1.165) is 9.48 Å². The van der Waals surface area contributed by atoms with Gasteiger partial charge in [0.25, 0.3) is 0 Å². The SMILES string of the molecule is Nc1nc(-c2ccc3c(c2)CCCC3)c(Br)s1. The summed E-state index contributed by atoms with van der Waals surface area (Å²) in [5, 5.41) is 0.615. The Bertz CT molecular complexity index is 563. The maximum Gasteiger partial charge on any atom is 0.181 e. The number of nitrogens with zero attached hydrogens (tertiary/aromatic N) is 1. The third kappa shape index (κ3) is 2.11. The second-order valence-corrected chi connectivity index (χ2v) is 6.71. The van der Waals surface area contributed by atoms with Gasteiger partial charge >= 0.3 is 0 Å². The molecule has 88 valence electrons.